The van der Waals surface area contributed by atoms with Gasteiger partial charge in [0.25, 0.3) is 11.8 Å². The largest absolute Gasteiger partial charge is 0.496 e. The van der Waals surface area contributed by atoms with E-state index in [1.807, 2.05) is 30.3 Å². The van der Waals surface area contributed by atoms with Crippen LogP contribution < -0.4 is 10.1 Å². The summed E-state index contributed by atoms with van der Waals surface area (Å²) in [6.07, 6.45) is 1.90. The van der Waals surface area contributed by atoms with E-state index >= 15 is 0 Å². The molecule has 3 rings (SSSR count). The first kappa shape index (κ1) is 19.2. The van der Waals surface area contributed by atoms with Crippen LogP contribution in [0.25, 0.3) is 6.08 Å². The summed E-state index contributed by atoms with van der Waals surface area (Å²) in [5.41, 5.74) is 0.887. The van der Waals surface area contributed by atoms with Crippen molar-refractivity contribution in [2.24, 2.45) is 0 Å². The molecule has 1 unspecified atom stereocenters. The third-order valence-corrected chi connectivity index (χ3v) is 4.85. The van der Waals surface area contributed by atoms with Gasteiger partial charge >= 0.3 is 0 Å². The highest BCUT2D eigenvalue weighted by atomic mass is 16.5. The number of benzene rings is 2. The third-order valence-electron chi connectivity index (χ3n) is 4.85. The predicted octanol–water partition coefficient (Wildman–Crippen LogP) is 2.50. The molecule has 1 saturated heterocycles. The molecule has 1 heterocycles. The van der Waals surface area contributed by atoms with Crippen LogP contribution in [0.2, 0.25) is 0 Å². The summed E-state index contributed by atoms with van der Waals surface area (Å²) in [6, 6.07) is 16.7. The number of nitriles is 1. The number of ether oxygens (including phenoxy) is 1. The van der Waals surface area contributed by atoms with Gasteiger partial charge in [-0.05, 0) is 30.7 Å². The SMILES string of the molecule is COc1cccc(C#N)c1C=C1C(=O)NC(C)(Cc2ccccc2)C(=O)N1C. The number of carbonyl (C=O) groups is 2. The molecule has 1 aliphatic heterocycles. The maximum Gasteiger partial charge on any atom is 0.268 e. The summed E-state index contributed by atoms with van der Waals surface area (Å²) in [5, 5.41) is 12.2. The van der Waals surface area contributed by atoms with Gasteiger partial charge in [0.2, 0.25) is 0 Å². The standard InChI is InChI=1S/C22H21N3O3/c1-22(13-15-8-5-4-6-9-15)21(27)25(2)18(20(26)24-22)12-17-16(14-23)10-7-11-19(17)28-3/h4-12H,13H2,1-3H3,(H,24,26). The summed E-state index contributed by atoms with van der Waals surface area (Å²) >= 11 is 0. The molecule has 2 aromatic carbocycles. The molecule has 0 saturated carbocycles. The van der Waals surface area contributed by atoms with Crippen molar-refractivity contribution in [3.63, 3.8) is 0 Å². The maximum atomic E-state index is 13.1. The van der Waals surface area contributed by atoms with Crippen molar-refractivity contribution in [2.45, 2.75) is 18.9 Å². The third kappa shape index (κ3) is 3.47. The fourth-order valence-corrected chi connectivity index (χ4v) is 3.39. The number of methoxy groups -OCH3 is 1. The lowest BCUT2D eigenvalue weighted by atomic mass is 9.88. The first-order valence-electron chi connectivity index (χ1n) is 8.83. The maximum absolute atomic E-state index is 13.1. The minimum absolute atomic E-state index is 0.163. The molecule has 1 N–H and O–H groups in total. The van der Waals surface area contributed by atoms with Crippen molar-refractivity contribution in [1.82, 2.24) is 10.2 Å². The molecular formula is C22H21N3O3. The van der Waals surface area contributed by atoms with Gasteiger partial charge in [-0.1, -0.05) is 36.4 Å². The summed E-state index contributed by atoms with van der Waals surface area (Å²) in [4.78, 5) is 27.3. The monoisotopic (exact) mass is 375 g/mol. The molecule has 0 radical (unpaired) electrons. The van der Waals surface area contributed by atoms with Crippen LogP contribution in [0, 0.1) is 11.3 Å². The van der Waals surface area contributed by atoms with E-state index in [-0.39, 0.29) is 17.5 Å². The molecule has 142 valence electrons. The van der Waals surface area contributed by atoms with Gasteiger partial charge in [0.05, 0.1) is 18.7 Å². The van der Waals surface area contributed by atoms with Crippen molar-refractivity contribution >= 4 is 17.9 Å². The second kappa shape index (κ2) is 7.57. The Bertz CT molecular complexity index is 992. The van der Waals surface area contributed by atoms with Gasteiger partial charge in [-0.25, -0.2) is 0 Å². The van der Waals surface area contributed by atoms with Crippen molar-refractivity contribution in [3.05, 3.63) is 70.9 Å². The Morgan fingerprint density at radius 3 is 2.54 bits per heavy atom. The zero-order chi connectivity index (χ0) is 20.3. The van der Waals surface area contributed by atoms with E-state index in [2.05, 4.69) is 11.4 Å². The summed E-state index contributed by atoms with van der Waals surface area (Å²) in [7, 11) is 3.06. The van der Waals surface area contributed by atoms with E-state index < -0.39 is 5.54 Å². The van der Waals surface area contributed by atoms with Crippen LogP contribution in [-0.4, -0.2) is 36.4 Å². The molecule has 0 aromatic heterocycles. The highest BCUT2D eigenvalue weighted by molar-refractivity contribution is 6.09. The number of rotatable bonds is 4. The molecule has 2 amide bonds. The highest BCUT2D eigenvalue weighted by Gasteiger charge is 2.44. The number of hydrogen-bond acceptors (Lipinski definition) is 4. The number of hydrogen-bond donors (Lipinski definition) is 1. The van der Waals surface area contributed by atoms with Crippen molar-refractivity contribution < 1.29 is 14.3 Å². The Morgan fingerprint density at radius 1 is 1.18 bits per heavy atom. The Hall–Kier alpha value is -3.59. The van der Waals surface area contributed by atoms with Gasteiger partial charge in [-0.2, -0.15) is 5.26 Å². The van der Waals surface area contributed by atoms with Crippen LogP contribution in [0.3, 0.4) is 0 Å². The first-order chi connectivity index (χ1) is 13.4. The summed E-state index contributed by atoms with van der Waals surface area (Å²) in [5.74, 6) is -0.149. The van der Waals surface area contributed by atoms with E-state index in [4.69, 9.17) is 4.74 Å². The number of amides is 2. The molecule has 6 heteroatoms. The van der Waals surface area contributed by atoms with Crippen molar-refractivity contribution in [1.29, 1.82) is 5.26 Å². The molecule has 28 heavy (non-hydrogen) atoms. The van der Waals surface area contributed by atoms with Crippen LogP contribution in [0.1, 0.15) is 23.6 Å². The molecule has 1 aliphatic rings. The van der Waals surface area contributed by atoms with Gasteiger partial charge in [0.15, 0.2) is 0 Å². The minimum Gasteiger partial charge on any atom is -0.496 e. The van der Waals surface area contributed by atoms with E-state index in [0.29, 0.717) is 23.3 Å². The van der Waals surface area contributed by atoms with Crippen LogP contribution >= 0.6 is 0 Å². The number of carbonyl (C=O) groups excluding carboxylic acids is 2. The van der Waals surface area contributed by atoms with E-state index in [1.54, 1.807) is 32.2 Å². The predicted molar refractivity (Wildman–Crippen MR) is 105 cm³/mol. The number of nitrogens with one attached hydrogen (secondary N) is 1. The van der Waals surface area contributed by atoms with E-state index in [0.717, 1.165) is 5.56 Å². The lowest BCUT2D eigenvalue weighted by Gasteiger charge is -2.39. The van der Waals surface area contributed by atoms with E-state index in [9.17, 15) is 14.9 Å². The zero-order valence-corrected chi connectivity index (χ0v) is 16.0. The van der Waals surface area contributed by atoms with Gasteiger partial charge in [0, 0.05) is 19.0 Å². The smallest absolute Gasteiger partial charge is 0.268 e. The van der Waals surface area contributed by atoms with Crippen molar-refractivity contribution in [2.75, 3.05) is 14.2 Å². The lowest BCUT2D eigenvalue weighted by molar-refractivity contribution is -0.143. The Labute approximate surface area is 164 Å². The second-order valence-corrected chi connectivity index (χ2v) is 6.88. The summed E-state index contributed by atoms with van der Waals surface area (Å²) < 4.78 is 5.32. The Balaban J connectivity index is 1.98. The topological polar surface area (TPSA) is 82.4 Å². The van der Waals surface area contributed by atoms with Crippen LogP contribution in [0.4, 0.5) is 0 Å². The number of nitrogens with zero attached hydrogens (tertiary/aromatic N) is 2. The Morgan fingerprint density at radius 2 is 1.89 bits per heavy atom. The minimum atomic E-state index is -1.05. The van der Waals surface area contributed by atoms with Gasteiger partial charge in [-0.15, -0.1) is 0 Å². The van der Waals surface area contributed by atoms with Crippen molar-refractivity contribution in [3.8, 4) is 11.8 Å². The average molecular weight is 375 g/mol. The molecule has 6 nitrogen and oxygen atoms in total. The average Bonchev–Trinajstić information content (AvgIpc) is 2.70. The van der Waals surface area contributed by atoms with E-state index in [1.165, 1.54) is 18.1 Å². The second-order valence-electron chi connectivity index (χ2n) is 6.88. The lowest BCUT2D eigenvalue weighted by Crippen LogP contribution is -2.64. The van der Waals surface area contributed by atoms with Crippen LogP contribution in [0.5, 0.6) is 5.75 Å². The van der Waals surface area contributed by atoms with Crippen LogP contribution in [-0.2, 0) is 16.0 Å². The number of likely N-dealkylation sites (N-methyl/N-ethyl adjacent to an activating group) is 1. The number of piperazine rings is 1. The van der Waals surface area contributed by atoms with Gasteiger partial charge < -0.3 is 15.0 Å². The Kier molecular flexibility index (Phi) is 5.18. The normalized spacial score (nSPS) is 20.6. The fraction of sp³-hybridized carbons (Fsp3) is 0.227. The molecule has 1 atom stereocenters. The van der Waals surface area contributed by atoms with Crippen LogP contribution in [0.15, 0.2) is 54.2 Å². The summed E-state index contributed by atoms with van der Waals surface area (Å²) in [6.45, 7) is 1.72. The van der Waals surface area contributed by atoms with Gasteiger partial charge in [0.1, 0.15) is 17.0 Å². The molecule has 0 bridgehead atoms. The quantitative estimate of drug-likeness (QED) is 0.833. The zero-order valence-electron chi connectivity index (χ0n) is 16.0. The molecule has 0 spiro atoms. The molecule has 2 aromatic rings. The molecular weight excluding hydrogens is 354 g/mol. The first-order valence-corrected chi connectivity index (χ1v) is 8.83. The van der Waals surface area contributed by atoms with Gasteiger partial charge in [-0.3, -0.25) is 9.59 Å². The molecule has 1 fully saturated rings. The fourth-order valence-electron chi connectivity index (χ4n) is 3.39. The highest BCUT2D eigenvalue weighted by Crippen LogP contribution is 2.29. The molecule has 0 aliphatic carbocycles.